The molecule has 1 aliphatic heterocycles. The van der Waals surface area contributed by atoms with Gasteiger partial charge in [-0.1, -0.05) is 26.0 Å². The predicted molar refractivity (Wildman–Crippen MR) is 74.5 cm³/mol. The van der Waals surface area contributed by atoms with Crippen LogP contribution in [0.5, 0.6) is 0 Å². The second-order valence-corrected chi connectivity index (χ2v) is 6.35. The van der Waals surface area contributed by atoms with Crippen molar-refractivity contribution in [1.82, 2.24) is 0 Å². The molecule has 2 aliphatic rings. The van der Waals surface area contributed by atoms with Crippen molar-refractivity contribution < 1.29 is 14.3 Å². The molecule has 0 aromatic carbocycles. The minimum absolute atomic E-state index is 0.0644. The number of Topliss-reactive ketones (excluding diaryl/α,β-unsaturated/α-hetero) is 1. The monoisotopic (exact) mass is 277 g/mol. The molecule has 110 valence electrons. The predicted octanol–water partition coefficient (Wildman–Crippen LogP) is 2.55. The van der Waals surface area contributed by atoms with Crippen LogP contribution in [0.4, 0.5) is 0 Å². The number of hydrogen-bond donors (Lipinski definition) is 0. The lowest BCUT2D eigenvalue weighted by molar-refractivity contribution is -0.185. The Hall–Kier alpha value is -1.18. The maximum atomic E-state index is 12.9. The molecule has 1 saturated heterocycles. The zero-order valence-electron chi connectivity index (χ0n) is 12.7. The summed E-state index contributed by atoms with van der Waals surface area (Å²) >= 11 is 0. The molecule has 4 heteroatoms. The number of rotatable bonds is 2. The van der Waals surface area contributed by atoms with Crippen molar-refractivity contribution in [3.8, 4) is 6.07 Å². The third-order valence-electron chi connectivity index (χ3n) is 5.29. The molecule has 0 aromatic heterocycles. The van der Waals surface area contributed by atoms with Gasteiger partial charge < -0.3 is 9.47 Å². The van der Waals surface area contributed by atoms with Gasteiger partial charge in [0.05, 0.1) is 24.7 Å². The lowest BCUT2D eigenvalue weighted by Crippen LogP contribution is -2.57. The number of hydrogen-bond acceptors (Lipinski definition) is 4. The number of ether oxygens (including phenoxy) is 2. The molecule has 0 aromatic rings. The SMILES string of the molecule is C=C(C)[C@@H]1[C@H](C)[C@@H](C)[C@](C)(C2OCCO2)C(=O)[C@@H]1C#N. The Morgan fingerprint density at radius 2 is 1.95 bits per heavy atom. The molecule has 1 heterocycles. The van der Waals surface area contributed by atoms with E-state index >= 15 is 0 Å². The molecular formula is C16H23NO3. The fourth-order valence-electron chi connectivity index (χ4n) is 3.79. The third kappa shape index (κ3) is 2.01. The number of carbonyl (C=O) groups is 1. The molecule has 1 saturated carbocycles. The van der Waals surface area contributed by atoms with Gasteiger partial charge in [0, 0.05) is 5.92 Å². The molecule has 0 spiro atoms. The van der Waals surface area contributed by atoms with Gasteiger partial charge in [-0.05, 0) is 25.7 Å². The van der Waals surface area contributed by atoms with Crippen LogP contribution in [-0.2, 0) is 14.3 Å². The number of nitriles is 1. The smallest absolute Gasteiger partial charge is 0.170 e. The fourth-order valence-corrected chi connectivity index (χ4v) is 3.79. The second kappa shape index (κ2) is 5.31. The highest BCUT2D eigenvalue weighted by Gasteiger charge is 2.58. The van der Waals surface area contributed by atoms with Crippen molar-refractivity contribution in [3.63, 3.8) is 0 Å². The van der Waals surface area contributed by atoms with E-state index in [1.165, 1.54) is 0 Å². The standard InChI is InChI=1S/C16H23NO3/c1-9(2)13-10(3)11(4)16(5,14(18)12(13)8-17)15-19-6-7-20-15/h10-13,15H,1,6-7H2,2-5H3/t10-,11-,12-,13-,16+/m1/s1. The van der Waals surface area contributed by atoms with Crippen molar-refractivity contribution in [3.05, 3.63) is 12.2 Å². The first-order valence-corrected chi connectivity index (χ1v) is 7.18. The summed E-state index contributed by atoms with van der Waals surface area (Å²) in [5, 5.41) is 9.47. The molecule has 5 atom stereocenters. The minimum Gasteiger partial charge on any atom is -0.349 e. The van der Waals surface area contributed by atoms with Crippen LogP contribution < -0.4 is 0 Å². The highest BCUT2D eigenvalue weighted by molar-refractivity contribution is 5.91. The number of ketones is 1. The highest BCUT2D eigenvalue weighted by Crippen LogP contribution is 2.52. The van der Waals surface area contributed by atoms with Crippen molar-refractivity contribution in [2.75, 3.05) is 13.2 Å². The first-order valence-electron chi connectivity index (χ1n) is 7.18. The number of carbonyl (C=O) groups excluding carboxylic acids is 1. The van der Waals surface area contributed by atoms with Crippen LogP contribution >= 0.6 is 0 Å². The summed E-state index contributed by atoms with van der Waals surface area (Å²) in [5.74, 6) is -0.545. The Bertz CT molecular complexity index is 461. The van der Waals surface area contributed by atoms with Crippen molar-refractivity contribution in [1.29, 1.82) is 5.26 Å². The molecular weight excluding hydrogens is 254 g/mol. The zero-order valence-corrected chi connectivity index (χ0v) is 12.7. The van der Waals surface area contributed by atoms with E-state index in [2.05, 4.69) is 26.5 Å². The largest absolute Gasteiger partial charge is 0.349 e. The molecule has 2 fully saturated rings. The maximum Gasteiger partial charge on any atom is 0.170 e. The van der Waals surface area contributed by atoms with Crippen LogP contribution in [0, 0.1) is 40.4 Å². The fraction of sp³-hybridized carbons (Fsp3) is 0.750. The molecule has 0 bridgehead atoms. The summed E-state index contributed by atoms with van der Waals surface area (Å²) in [7, 11) is 0. The Morgan fingerprint density at radius 1 is 1.40 bits per heavy atom. The van der Waals surface area contributed by atoms with E-state index in [9.17, 15) is 10.1 Å². The lowest BCUT2D eigenvalue weighted by Gasteiger charge is -2.49. The van der Waals surface area contributed by atoms with E-state index in [0.29, 0.717) is 13.2 Å². The summed E-state index contributed by atoms with van der Waals surface area (Å²) < 4.78 is 11.2. The van der Waals surface area contributed by atoms with E-state index in [1.54, 1.807) is 0 Å². The molecule has 1 aliphatic carbocycles. The van der Waals surface area contributed by atoms with Gasteiger partial charge in [-0.15, -0.1) is 0 Å². The number of nitrogens with zero attached hydrogens (tertiary/aromatic N) is 1. The molecule has 0 radical (unpaired) electrons. The molecule has 0 amide bonds. The molecule has 0 unspecified atom stereocenters. The van der Waals surface area contributed by atoms with Crippen LogP contribution in [0.25, 0.3) is 0 Å². The third-order valence-corrected chi connectivity index (χ3v) is 5.29. The summed E-state index contributed by atoms with van der Waals surface area (Å²) in [6.07, 6.45) is -0.533. The van der Waals surface area contributed by atoms with Crippen LogP contribution in [0.2, 0.25) is 0 Å². The highest BCUT2D eigenvalue weighted by atomic mass is 16.7. The average molecular weight is 277 g/mol. The second-order valence-electron chi connectivity index (χ2n) is 6.35. The molecule has 0 N–H and O–H groups in total. The van der Waals surface area contributed by atoms with Crippen LogP contribution in [0.3, 0.4) is 0 Å². The van der Waals surface area contributed by atoms with Crippen molar-refractivity contribution in [2.24, 2.45) is 29.1 Å². The minimum atomic E-state index is -0.762. The van der Waals surface area contributed by atoms with Crippen molar-refractivity contribution in [2.45, 2.75) is 34.0 Å². The Morgan fingerprint density at radius 3 is 2.40 bits per heavy atom. The van der Waals surface area contributed by atoms with E-state index in [0.717, 1.165) is 5.57 Å². The van der Waals surface area contributed by atoms with Crippen LogP contribution in [0.15, 0.2) is 12.2 Å². The van der Waals surface area contributed by atoms with Gasteiger partial charge in [-0.3, -0.25) is 4.79 Å². The topological polar surface area (TPSA) is 59.3 Å². The summed E-state index contributed by atoms with van der Waals surface area (Å²) in [6, 6.07) is 2.19. The van der Waals surface area contributed by atoms with Gasteiger partial charge in [0.2, 0.25) is 0 Å². The normalized spacial score (nSPS) is 42.5. The Kier molecular flexibility index (Phi) is 4.04. The quantitative estimate of drug-likeness (QED) is 0.728. The summed E-state index contributed by atoms with van der Waals surface area (Å²) in [5.41, 5.74) is 0.141. The Labute approximate surface area is 120 Å². The Balaban J connectivity index is 2.43. The van der Waals surface area contributed by atoms with Gasteiger partial charge in [0.25, 0.3) is 0 Å². The zero-order chi connectivity index (χ0) is 15.1. The molecule has 20 heavy (non-hydrogen) atoms. The van der Waals surface area contributed by atoms with Gasteiger partial charge >= 0.3 is 0 Å². The van der Waals surface area contributed by atoms with Gasteiger partial charge in [-0.2, -0.15) is 5.26 Å². The van der Waals surface area contributed by atoms with Crippen molar-refractivity contribution >= 4 is 5.78 Å². The van der Waals surface area contributed by atoms with E-state index in [1.807, 2.05) is 13.8 Å². The van der Waals surface area contributed by atoms with E-state index < -0.39 is 17.6 Å². The maximum absolute atomic E-state index is 12.9. The van der Waals surface area contributed by atoms with Gasteiger partial charge in [0.1, 0.15) is 5.92 Å². The first kappa shape index (κ1) is 15.2. The summed E-state index contributed by atoms with van der Waals surface area (Å²) in [6.45, 7) is 12.9. The van der Waals surface area contributed by atoms with Crippen LogP contribution in [-0.4, -0.2) is 25.3 Å². The first-order chi connectivity index (χ1) is 9.35. The van der Waals surface area contributed by atoms with E-state index in [-0.39, 0.29) is 23.5 Å². The van der Waals surface area contributed by atoms with E-state index in [4.69, 9.17) is 9.47 Å². The van der Waals surface area contributed by atoms with Gasteiger partial charge in [-0.25, -0.2) is 0 Å². The lowest BCUT2D eigenvalue weighted by atomic mass is 9.54. The number of allylic oxidation sites excluding steroid dienone is 1. The molecule has 2 rings (SSSR count). The van der Waals surface area contributed by atoms with Crippen LogP contribution in [0.1, 0.15) is 27.7 Å². The van der Waals surface area contributed by atoms with Gasteiger partial charge in [0.15, 0.2) is 12.1 Å². The average Bonchev–Trinajstić information content (AvgIpc) is 2.94. The summed E-state index contributed by atoms with van der Waals surface area (Å²) in [4.78, 5) is 12.9. The molecule has 4 nitrogen and oxygen atoms in total.